The molecule has 1 aliphatic rings. The molecule has 1 aromatic carbocycles. The second kappa shape index (κ2) is 6.25. The Morgan fingerprint density at radius 1 is 1.22 bits per heavy atom. The first kappa shape index (κ1) is 14.1. The van der Waals surface area contributed by atoms with Crippen molar-refractivity contribution in [3.05, 3.63) is 33.8 Å². The summed E-state index contributed by atoms with van der Waals surface area (Å²) in [6, 6.07) is 5.65. The Balaban J connectivity index is 2.23. The van der Waals surface area contributed by atoms with Crippen molar-refractivity contribution in [3.8, 4) is 0 Å². The van der Waals surface area contributed by atoms with Crippen molar-refractivity contribution in [3.63, 3.8) is 0 Å². The molecule has 2 rings (SSSR count). The van der Waals surface area contributed by atoms with E-state index in [0.717, 1.165) is 24.8 Å². The van der Waals surface area contributed by atoms with Gasteiger partial charge in [0.05, 0.1) is 16.1 Å². The van der Waals surface area contributed by atoms with Gasteiger partial charge in [0.2, 0.25) is 0 Å². The molecule has 0 saturated heterocycles. The maximum Gasteiger partial charge on any atom is 0.0595 e. The molecule has 4 heteroatoms. The predicted octanol–water partition coefficient (Wildman–Crippen LogP) is 3.59. The Kier molecular flexibility index (Phi) is 4.91. The number of hydrogen-bond donors (Lipinski definition) is 2. The lowest BCUT2D eigenvalue weighted by molar-refractivity contribution is 0.0561. The lowest BCUT2D eigenvalue weighted by Gasteiger charge is -2.34. The average molecular weight is 288 g/mol. The summed E-state index contributed by atoms with van der Waals surface area (Å²) in [5.74, 6) is 0.399. The topological polar surface area (TPSA) is 46.2 Å². The summed E-state index contributed by atoms with van der Waals surface area (Å²) in [6.07, 6.45) is 3.93. The number of aliphatic hydroxyl groups is 1. The highest BCUT2D eigenvalue weighted by Gasteiger charge is 2.30. The van der Waals surface area contributed by atoms with E-state index in [1.54, 1.807) is 6.07 Å². The molecule has 0 spiro atoms. The summed E-state index contributed by atoms with van der Waals surface area (Å²) in [6.45, 7) is 0.527. The number of rotatable bonds is 3. The first-order valence-electron chi connectivity index (χ1n) is 6.46. The average Bonchev–Trinajstić information content (AvgIpc) is 2.37. The standard InChI is InChI=1S/C14H19Cl2NO/c15-12-6-5-9(7-13(12)16)11(8-17)10-3-1-2-4-14(10)18/h5-7,10-11,14,18H,1-4,8,17H2/t10?,11-,14-/m0/s1. The SMILES string of the molecule is NC[C@@H](c1ccc(Cl)c(Cl)c1)C1CCCC[C@@H]1O. The summed E-state index contributed by atoms with van der Waals surface area (Å²) in [5.41, 5.74) is 6.98. The Bertz CT molecular complexity index is 411. The first-order chi connectivity index (χ1) is 8.63. The van der Waals surface area contributed by atoms with Crippen molar-refractivity contribution >= 4 is 23.2 Å². The lowest BCUT2D eigenvalue weighted by Crippen LogP contribution is -2.33. The minimum absolute atomic E-state index is 0.162. The minimum Gasteiger partial charge on any atom is -0.393 e. The van der Waals surface area contributed by atoms with Crippen molar-refractivity contribution in [2.24, 2.45) is 11.7 Å². The summed E-state index contributed by atoms with van der Waals surface area (Å²) in [7, 11) is 0. The third kappa shape index (κ3) is 3.00. The number of nitrogens with two attached hydrogens (primary N) is 1. The van der Waals surface area contributed by atoms with Crippen molar-refractivity contribution in [2.45, 2.75) is 37.7 Å². The van der Waals surface area contributed by atoms with Gasteiger partial charge in [0.1, 0.15) is 0 Å². The fourth-order valence-electron chi connectivity index (χ4n) is 2.91. The van der Waals surface area contributed by atoms with Gasteiger partial charge in [-0.1, -0.05) is 42.1 Å². The normalized spacial score (nSPS) is 26.0. The van der Waals surface area contributed by atoms with Crippen molar-refractivity contribution in [1.29, 1.82) is 0 Å². The van der Waals surface area contributed by atoms with E-state index in [0.29, 0.717) is 16.6 Å². The van der Waals surface area contributed by atoms with Crippen LogP contribution in [0.3, 0.4) is 0 Å². The monoisotopic (exact) mass is 287 g/mol. The predicted molar refractivity (Wildman–Crippen MR) is 76.2 cm³/mol. The zero-order valence-electron chi connectivity index (χ0n) is 10.3. The van der Waals surface area contributed by atoms with Crippen molar-refractivity contribution in [1.82, 2.24) is 0 Å². The van der Waals surface area contributed by atoms with Gasteiger partial charge in [0.15, 0.2) is 0 Å². The number of hydrogen-bond acceptors (Lipinski definition) is 2. The summed E-state index contributed by atoms with van der Waals surface area (Å²) in [4.78, 5) is 0. The Hall–Kier alpha value is -0.280. The molecule has 0 amide bonds. The zero-order chi connectivity index (χ0) is 13.1. The van der Waals surface area contributed by atoms with Crippen molar-refractivity contribution < 1.29 is 5.11 Å². The third-order valence-corrected chi connectivity index (χ3v) is 4.66. The highest BCUT2D eigenvalue weighted by Crippen LogP contribution is 2.37. The third-order valence-electron chi connectivity index (χ3n) is 3.92. The molecule has 1 fully saturated rings. The molecule has 0 aliphatic heterocycles. The molecule has 100 valence electrons. The zero-order valence-corrected chi connectivity index (χ0v) is 11.8. The van der Waals surface area contributed by atoms with Crippen LogP contribution >= 0.6 is 23.2 Å². The second-order valence-corrected chi connectivity index (χ2v) is 5.85. The molecule has 1 aliphatic carbocycles. The van der Waals surface area contributed by atoms with Gasteiger partial charge in [-0.3, -0.25) is 0 Å². The van der Waals surface area contributed by atoms with Crippen LogP contribution in [-0.2, 0) is 0 Å². The molecule has 1 unspecified atom stereocenters. The van der Waals surface area contributed by atoms with E-state index >= 15 is 0 Å². The van der Waals surface area contributed by atoms with Crippen LogP contribution in [0.1, 0.15) is 37.2 Å². The Morgan fingerprint density at radius 3 is 2.56 bits per heavy atom. The minimum atomic E-state index is -0.248. The molecule has 0 bridgehead atoms. The van der Waals surface area contributed by atoms with Gasteiger partial charge in [-0.05, 0) is 43.0 Å². The van der Waals surface area contributed by atoms with E-state index in [9.17, 15) is 5.11 Å². The first-order valence-corrected chi connectivity index (χ1v) is 7.22. The van der Waals surface area contributed by atoms with Gasteiger partial charge in [-0.15, -0.1) is 0 Å². The second-order valence-electron chi connectivity index (χ2n) is 5.03. The summed E-state index contributed by atoms with van der Waals surface area (Å²) >= 11 is 12.0. The van der Waals surface area contributed by atoms with E-state index in [1.165, 1.54) is 6.42 Å². The smallest absolute Gasteiger partial charge is 0.0595 e. The quantitative estimate of drug-likeness (QED) is 0.893. The van der Waals surface area contributed by atoms with Gasteiger partial charge < -0.3 is 10.8 Å². The van der Waals surface area contributed by atoms with Crippen LogP contribution in [0, 0.1) is 5.92 Å². The van der Waals surface area contributed by atoms with Crippen LogP contribution in [0.2, 0.25) is 10.0 Å². The summed E-state index contributed by atoms with van der Waals surface area (Å²) < 4.78 is 0. The van der Waals surface area contributed by atoms with E-state index in [1.807, 2.05) is 12.1 Å². The van der Waals surface area contributed by atoms with E-state index in [-0.39, 0.29) is 17.9 Å². The number of aliphatic hydroxyl groups excluding tert-OH is 1. The highest BCUT2D eigenvalue weighted by atomic mass is 35.5. The molecule has 0 heterocycles. The van der Waals surface area contributed by atoms with Crippen LogP contribution in [0.15, 0.2) is 18.2 Å². The summed E-state index contributed by atoms with van der Waals surface area (Å²) in [5, 5.41) is 11.3. The van der Waals surface area contributed by atoms with E-state index in [4.69, 9.17) is 28.9 Å². The molecule has 1 aromatic rings. The van der Waals surface area contributed by atoms with Crippen LogP contribution in [-0.4, -0.2) is 17.8 Å². The van der Waals surface area contributed by atoms with Crippen LogP contribution in [0.4, 0.5) is 0 Å². The maximum absolute atomic E-state index is 10.1. The molecule has 2 nitrogen and oxygen atoms in total. The van der Waals surface area contributed by atoms with Crippen molar-refractivity contribution in [2.75, 3.05) is 6.54 Å². The molecule has 3 N–H and O–H groups in total. The number of benzene rings is 1. The van der Waals surface area contributed by atoms with Gasteiger partial charge in [-0.25, -0.2) is 0 Å². The van der Waals surface area contributed by atoms with E-state index < -0.39 is 0 Å². The maximum atomic E-state index is 10.1. The number of halogens is 2. The molecule has 0 aromatic heterocycles. The lowest BCUT2D eigenvalue weighted by atomic mass is 9.75. The van der Waals surface area contributed by atoms with Crippen LogP contribution in [0.5, 0.6) is 0 Å². The Labute approximate surface area is 118 Å². The van der Waals surface area contributed by atoms with Gasteiger partial charge >= 0.3 is 0 Å². The molecule has 3 atom stereocenters. The van der Waals surface area contributed by atoms with Gasteiger partial charge in [0, 0.05) is 5.92 Å². The fourth-order valence-corrected chi connectivity index (χ4v) is 3.22. The largest absolute Gasteiger partial charge is 0.393 e. The van der Waals surface area contributed by atoms with E-state index in [2.05, 4.69) is 0 Å². The van der Waals surface area contributed by atoms with Gasteiger partial charge in [-0.2, -0.15) is 0 Å². The molecule has 0 radical (unpaired) electrons. The highest BCUT2D eigenvalue weighted by molar-refractivity contribution is 6.42. The Morgan fingerprint density at radius 2 is 1.94 bits per heavy atom. The van der Waals surface area contributed by atoms with Gasteiger partial charge in [0.25, 0.3) is 0 Å². The van der Waals surface area contributed by atoms with Crippen LogP contribution in [0.25, 0.3) is 0 Å². The molecular weight excluding hydrogens is 269 g/mol. The van der Waals surface area contributed by atoms with Crippen LogP contribution < -0.4 is 5.73 Å². The molecular formula is C14H19Cl2NO. The molecule has 1 saturated carbocycles. The molecule has 18 heavy (non-hydrogen) atoms. The fraction of sp³-hybridized carbons (Fsp3) is 0.571.